The highest BCUT2D eigenvalue weighted by Crippen LogP contribution is 2.22. The van der Waals surface area contributed by atoms with Crippen molar-refractivity contribution in [2.24, 2.45) is 0 Å². The van der Waals surface area contributed by atoms with E-state index >= 15 is 0 Å². The van der Waals surface area contributed by atoms with E-state index in [2.05, 4.69) is 15.3 Å². The predicted molar refractivity (Wildman–Crippen MR) is 76.3 cm³/mol. The van der Waals surface area contributed by atoms with E-state index in [4.69, 9.17) is 4.74 Å². The summed E-state index contributed by atoms with van der Waals surface area (Å²) in [5.41, 5.74) is 1.41. The van der Waals surface area contributed by atoms with Crippen molar-refractivity contribution in [3.8, 4) is 0 Å². The van der Waals surface area contributed by atoms with Gasteiger partial charge in [0.15, 0.2) is 0 Å². The Labute approximate surface area is 120 Å². The summed E-state index contributed by atoms with van der Waals surface area (Å²) in [6, 6.07) is 0. The molecule has 2 N–H and O–H groups in total. The molecule has 0 spiro atoms. The second-order valence-electron chi connectivity index (χ2n) is 4.12. The Balaban J connectivity index is 2.22. The van der Waals surface area contributed by atoms with Crippen molar-refractivity contribution in [1.82, 2.24) is 9.97 Å². The Hall–Kier alpha value is -2.15. The Morgan fingerprint density at radius 2 is 2.20 bits per heavy atom. The van der Waals surface area contributed by atoms with Gasteiger partial charge < -0.3 is 15.0 Å². The molecular weight excluding hydrogens is 278 g/mol. The second-order valence-corrected chi connectivity index (χ2v) is 5.36. The molecule has 0 radical (unpaired) electrons. The van der Waals surface area contributed by atoms with Gasteiger partial charge >= 0.3 is 5.97 Å². The Bertz CT molecular complexity index is 645. The zero-order valence-corrected chi connectivity index (χ0v) is 12.3. The summed E-state index contributed by atoms with van der Waals surface area (Å²) in [5, 5.41) is 3.51. The zero-order valence-electron chi connectivity index (χ0n) is 11.4. The van der Waals surface area contributed by atoms with Crippen LogP contribution in [-0.4, -0.2) is 28.5 Å². The first kappa shape index (κ1) is 14.3. The van der Waals surface area contributed by atoms with Crippen molar-refractivity contribution < 1.29 is 14.3 Å². The number of H-pyrrole nitrogens is 1. The van der Waals surface area contributed by atoms with Gasteiger partial charge in [0.2, 0.25) is 0 Å². The van der Waals surface area contributed by atoms with Gasteiger partial charge in [-0.3, -0.25) is 4.79 Å². The number of hydrogen-bond donors (Lipinski definition) is 2. The molecule has 0 saturated heterocycles. The molecule has 1 amide bonds. The first-order chi connectivity index (χ1) is 9.52. The van der Waals surface area contributed by atoms with Gasteiger partial charge in [-0.15, -0.1) is 11.3 Å². The molecule has 2 rings (SSSR count). The molecule has 106 valence electrons. The summed E-state index contributed by atoms with van der Waals surface area (Å²) in [5.74, 6) is -0.748. The van der Waals surface area contributed by atoms with Crippen LogP contribution in [0.5, 0.6) is 0 Å². The number of thiazole rings is 1. The lowest BCUT2D eigenvalue weighted by molar-refractivity contribution is 0.0527. The maximum atomic E-state index is 12.1. The number of aryl methyl sites for hydroxylation is 2. The van der Waals surface area contributed by atoms with Gasteiger partial charge in [0, 0.05) is 11.9 Å². The van der Waals surface area contributed by atoms with Crippen molar-refractivity contribution in [2.45, 2.75) is 20.8 Å². The van der Waals surface area contributed by atoms with Crippen LogP contribution in [0, 0.1) is 13.8 Å². The number of carbonyl (C=O) groups is 2. The summed E-state index contributed by atoms with van der Waals surface area (Å²) in [4.78, 5) is 31.4. The summed E-state index contributed by atoms with van der Waals surface area (Å²) in [6.07, 6.45) is 3.09. The van der Waals surface area contributed by atoms with Crippen LogP contribution in [0.1, 0.15) is 37.7 Å². The topological polar surface area (TPSA) is 84.1 Å². The number of aromatic amines is 1. The molecule has 0 aromatic carbocycles. The molecule has 0 aliphatic carbocycles. The number of esters is 1. The highest BCUT2D eigenvalue weighted by Gasteiger charge is 2.20. The lowest BCUT2D eigenvalue weighted by atomic mass is 10.2. The van der Waals surface area contributed by atoms with Crippen LogP contribution in [0.3, 0.4) is 0 Å². The minimum atomic E-state index is -0.456. The van der Waals surface area contributed by atoms with E-state index in [1.54, 1.807) is 20.0 Å². The standard InChI is InChI=1S/C13H15N3O3S/c1-4-19-13(18)11-7(2)14-5-9(11)16-12(17)10-6-15-8(3)20-10/h5-6,14H,4H2,1-3H3,(H,16,17). The molecule has 0 fully saturated rings. The second kappa shape index (κ2) is 5.87. The van der Waals surface area contributed by atoms with Crippen LogP contribution in [0.15, 0.2) is 12.4 Å². The van der Waals surface area contributed by atoms with Crippen LogP contribution >= 0.6 is 11.3 Å². The molecule has 0 saturated carbocycles. The average Bonchev–Trinajstić information content (AvgIpc) is 2.96. The largest absolute Gasteiger partial charge is 0.462 e. The van der Waals surface area contributed by atoms with Gasteiger partial charge in [-0.2, -0.15) is 0 Å². The maximum absolute atomic E-state index is 12.1. The van der Waals surface area contributed by atoms with Gasteiger partial charge in [0.1, 0.15) is 10.4 Å². The van der Waals surface area contributed by atoms with E-state index in [1.807, 2.05) is 6.92 Å². The number of rotatable bonds is 4. The van der Waals surface area contributed by atoms with Gasteiger partial charge in [0.05, 0.1) is 23.5 Å². The molecule has 0 atom stereocenters. The monoisotopic (exact) mass is 293 g/mol. The third-order valence-corrected chi connectivity index (χ3v) is 3.56. The van der Waals surface area contributed by atoms with Gasteiger partial charge in [-0.05, 0) is 20.8 Å². The summed E-state index contributed by atoms with van der Waals surface area (Å²) in [7, 11) is 0. The van der Waals surface area contributed by atoms with E-state index in [-0.39, 0.29) is 12.5 Å². The summed E-state index contributed by atoms with van der Waals surface area (Å²) < 4.78 is 4.98. The number of hydrogen-bond acceptors (Lipinski definition) is 5. The number of aromatic nitrogens is 2. The van der Waals surface area contributed by atoms with E-state index in [0.29, 0.717) is 21.8 Å². The Morgan fingerprint density at radius 1 is 1.45 bits per heavy atom. The first-order valence-electron chi connectivity index (χ1n) is 6.11. The lowest BCUT2D eigenvalue weighted by Crippen LogP contribution is -2.14. The SMILES string of the molecule is CCOC(=O)c1c(NC(=O)c2cnc(C)s2)c[nH]c1C. The van der Waals surface area contributed by atoms with Gasteiger partial charge in [0.25, 0.3) is 5.91 Å². The fourth-order valence-corrected chi connectivity index (χ4v) is 2.41. The normalized spacial score (nSPS) is 10.3. The molecule has 2 aromatic rings. The summed E-state index contributed by atoms with van der Waals surface area (Å²) >= 11 is 1.30. The molecule has 2 heterocycles. The molecule has 2 aromatic heterocycles. The van der Waals surface area contributed by atoms with Crippen LogP contribution in [0.4, 0.5) is 5.69 Å². The maximum Gasteiger partial charge on any atom is 0.342 e. The number of amides is 1. The van der Waals surface area contributed by atoms with E-state index in [0.717, 1.165) is 5.01 Å². The molecule has 0 aliphatic heterocycles. The van der Waals surface area contributed by atoms with Crippen molar-refractivity contribution >= 4 is 28.9 Å². The molecular formula is C13H15N3O3S. The van der Waals surface area contributed by atoms with Crippen molar-refractivity contribution in [3.63, 3.8) is 0 Å². The average molecular weight is 293 g/mol. The predicted octanol–water partition coefficient (Wildman–Crippen LogP) is 2.52. The highest BCUT2D eigenvalue weighted by atomic mass is 32.1. The number of anilines is 1. The van der Waals surface area contributed by atoms with Gasteiger partial charge in [-0.1, -0.05) is 0 Å². The minimum absolute atomic E-state index is 0.283. The van der Waals surface area contributed by atoms with Crippen molar-refractivity contribution in [2.75, 3.05) is 11.9 Å². The molecule has 0 aliphatic rings. The number of nitrogens with one attached hydrogen (secondary N) is 2. The summed E-state index contributed by atoms with van der Waals surface area (Å²) in [6.45, 7) is 5.59. The van der Waals surface area contributed by atoms with Crippen LogP contribution in [0.25, 0.3) is 0 Å². The Kier molecular flexibility index (Phi) is 4.19. The van der Waals surface area contributed by atoms with Crippen LogP contribution < -0.4 is 5.32 Å². The third-order valence-electron chi connectivity index (χ3n) is 2.65. The van der Waals surface area contributed by atoms with Crippen LogP contribution in [-0.2, 0) is 4.74 Å². The van der Waals surface area contributed by atoms with E-state index in [9.17, 15) is 9.59 Å². The van der Waals surface area contributed by atoms with Crippen molar-refractivity contribution in [3.05, 3.63) is 33.5 Å². The van der Waals surface area contributed by atoms with E-state index in [1.165, 1.54) is 17.5 Å². The number of ether oxygens (including phenoxy) is 1. The third kappa shape index (κ3) is 2.88. The number of nitrogens with zero attached hydrogens (tertiary/aromatic N) is 1. The molecule has 7 heteroatoms. The smallest absolute Gasteiger partial charge is 0.342 e. The lowest BCUT2D eigenvalue weighted by Gasteiger charge is -2.06. The minimum Gasteiger partial charge on any atom is -0.462 e. The van der Waals surface area contributed by atoms with Gasteiger partial charge in [-0.25, -0.2) is 9.78 Å². The highest BCUT2D eigenvalue weighted by molar-refractivity contribution is 7.13. The number of carbonyl (C=O) groups excluding carboxylic acids is 2. The Morgan fingerprint density at radius 3 is 2.80 bits per heavy atom. The molecule has 0 unspecified atom stereocenters. The quantitative estimate of drug-likeness (QED) is 0.848. The molecule has 0 bridgehead atoms. The molecule has 20 heavy (non-hydrogen) atoms. The fourth-order valence-electron chi connectivity index (χ4n) is 1.74. The fraction of sp³-hybridized carbons (Fsp3) is 0.308. The zero-order chi connectivity index (χ0) is 14.7. The first-order valence-corrected chi connectivity index (χ1v) is 6.93. The van der Waals surface area contributed by atoms with E-state index < -0.39 is 5.97 Å². The van der Waals surface area contributed by atoms with Crippen LogP contribution in [0.2, 0.25) is 0 Å². The molecule has 6 nitrogen and oxygen atoms in total. The van der Waals surface area contributed by atoms with Crippen molar-refractivity contribution in [1.29, 1.82) is 0 Å².